The number of Topliss-reactive ketones (excluding diaryl/α,β-unsaturated/α-hetero) is 1. The first-order chi connectivity index (χ1) is 11.2. The monoisotopic (exact) mass is 329 g/mol. The number of nitrogens with one attached hydrogen (secondary N) is 1. The molecular formula is C18H19NO3S. The molecule has 1 heterocycles. The van der Waals surface area contributed by atoms with Gasteiger partial charge in [0.25, 0.3) is 0 Å². The molecular weight excluding hydrogens is 310 g/mol. The van der Waals surface area contributed by atoms with E-state index in [2.05, 4.69) is 17.4 Å². The van der Waals surface area contributed by atoms with E-state index in [9.17, 15) is 4.79 Å². The number of hydrogen-bond donors (Lipinski definition) is 1. The van der Waals surface area contributed by atoms with Crippen LogP contribution in [0.4, 0.5) is 0 Å². The van der Waals surface area contributed by atoms with Crippen LogP contribution in [0.2, 0.25) is 0 Å². The molecule has 2 atom stereocenters. The lowest BCUT2D eigenvalue weighted by molar-refractivity contribution is 0.0955. The lowest BCUT2D eigenvalue weighted by Crippen LogP contribution is -2.34. The van der Waals surface area contributed by atoms with Gasteiger partial charge in [-0.2, -0.15) is 0 Å². The Hall–Kier alpha value is -1.98. The molecule has 1 aliphatic rings. The average molecular weight is 329 g/mol. The van der Waals surface area contributed by atoms with Gasteiger partial charge < -0.3 is 9.47 Å². The Morgan fingerprint density at radius 1 is 1.09 bits per heavy atom. The number of carbonyl (C=O) groups is 1. The van der Waals surface area contributed by atoms with E-state index in [0.29, 0.717) is 17.1 Å². The molecule has 0 radical (unpaired) electrons. The maximum atomic E-state index is 12.8. The van der Waals surface area contributed by atoms with Gasteiger partial charge in [-0.3, -0.25) is 10.1 Å². The van der Waals surface area contributed by atoms with E-state index in [-0.39, 0.29) is 17.2 Å². The lowest BCUT2D eigenvalue weighted by Gasteiger charge is -2.14. The highest BCUT2D eigenvalue weighted by Crippen LogP contribution is 2.34. The normalized spacial score (nSPS) is 20.3. The fourth-order valence-corrected chi connectivity index (χ4v) is 3.84. The van der Waals surface area contributed by atoms with Crippen molar-refractivity contribution in [2.45, 2.75) is 11.4 Å². The van der Waals surface area contributed by atoms with E-state index in [1.165, 1.54) is 5.56 Å². The molecule has 2 aromatic rings. The minimum absolute atomic E-state index is 0.0631. The summed E-state index contributed by atoms with van der Waals surface area (Å²) in [6.45, 7) is 0. The van der Waals surface area contributed by atoms with Gasteiger partial charge in [0.15, 0.2) is 5.78 Å². The van der Waals surface area contributed by atoms with Crippen LogP contribution in [0.15, 0.2) is 48.5 Å². The van der Waals surface area contributed by atoms with Crippen LogP contribution in [0.1, 0.15) is 21.3 Å². The molecule has 1 saturated heterocycles. The number of carbonyl (C=O) groups excluding carboxylic acids is 1. The van der Waals surface area contributed by atoms with Gasteiger partial charge in [-0.15, -0.1) is 11.8 Å². The van der Waals surface area contributed by atoms with E-state index in [1.54, 1.807) is 44.2 Å². The highest BCUT2D eigenvalue weighted by molar-refractivity contribution is 7.99. The first kappa shape index (κ1) is 15.9. The summed E-state index contributed by atoms with van der Waals surface area (Å²) in [7, 11) is 3.16. The maximum absolute atomic E-state index is 12.8. The quantitative estimate of drug-likeness (QED) is 0.853. The number of ether oxygens (including phenoxy) is 2. The molecule has 0 spiro atoms. The Bertz CT molecular complexity index is 668. The van der Waals surface area contributed by atoms with E-state index in [1.807, 2.05) is 18.2 Å². The highest BCUT2D eigenvalue weighted by Gasteiger charge is 2.31. The predicted molar refractivity (Wildman–Crippen MR) is 92.4 cm³/mol. The van der Waals surface area contributed by atoms with Crippen LogP contribution in [0.25, 0.3) is 0 Å². The number of methoxy groups -OCH3 is 2. The van der Waals surface area contributed by atoms with Crippen molar-refractivity contribution in [3.63, 3.8) is 0 Å². The molecule has 0 amide bonds. The third-order valence-electron chi connectivity index (χ3n) is 3.84. The van der Waals surface area contributed by atoms with Crippen molar-refractivity contribution in [3.8, 4) is 11.5 Å². The van der Waals surface area contributed by atoms with E-state index >= 15 is 0 Å². The van der Waals surface area contributed by atoms with E-state index < -0.39 is 0 Å². The molecule has 0 bridgehead atoms. The molecule has 2 aromatic carbocycles. The zero-order valence-corrected chi connectivity index (χ0v) is 13.9. The standard InChI is InChI=1S/C18H19NO3S/c1-21-14-8-13(9-15(10-14)22-2)17(20)16-11-23-18(19-16)12-6-4-3-5-7-12/h3-10,16,18-19H,11H2,1-2H3. The molecule has 2 unspecified atom stereocenters. The van der Waals surface area contributed by atoms with Crippen molar-refractivity contribution >= 4 is 17.5 Å². The Kier molecular flexibility index (Phi) is 4.88. The van der Waals surface area contributed by atoms with Crippen molar-refractivity contribution in [2.24, 2.45) is 0 Å². The summed E-state index contributed by atoms with van der Waals surface area (Å²) >= 11 is 1.75. The number of hydrogen-bond acceptors (Lipinski definition) is 5. The second-order valence-corrected chi connectivity index (χ2v) is 6.45. The van der Waals surface area contributed by atoms with Crippen molar-refractivity contribution < 1.29 is 14.3 Å². The van der Waals surface area contributed by atoms with Crippen LogP contribution in [-0.4, -0.2) is 31.8 Å². The Balaban J connectivity index is 1.77. The Morgan fingerprint density at radius 2 is 1.74 bits per heavy atom. The fraction of sp³-hybridized carbons (Fsp3) is 0.278. The molecule has 3 rings (SSSR count). The van der Waals surface area contributed by atoms with Gasteiger partial charge in [0, 0.05) is 17.4 Å². The van der Waals surface area contributed by atoms with E-state index in [0.717, 1.165) is 5.75 Å². The molecule has 0 aliphatic carbocycles. The summed E-state index contributed by atoms with van der Waals surface area (Å²) in [6.07, 6.45) is 0. The van der Waals surface area contributed by atoms with Crippen LogP contribution < -0.4 is 14.8 Å². The van der Waals surface area contributed by atoms with Crippen LogP contribution >= 0.6 is 11.8 Å². The van der Waals surface area contributed by atoms with Crippen molar-refractivity contribution in [1.29, 1.82) is 0 Å². The average Bonchev–Trinajstić information content (AvgIpc) is 3.11. The van der Waals surface area contributed by atoms with Crippen molar-refractivity contribution in [2.75, 3.05) is 20.0 Å². The molecule has 5 heteroatoms. The molecule has 120 valence electrons. The van der Waals surface area contributed by atoms with Gasteiger partial charge >= 0.3 is 0 Å². The van der Waals surface area contributed by atoms with Gasteiger partial charge in [-0.25, -0.2) is 0 Å². The van der Waals surface area contributed by atoms with Gasteiger partial charge in [-0.1, -0.05) is 30.3 Å². The minimum Gasteiger partial charge on any atom is -0.497 e. The molecule has 0 aromatic heterocycles. The molecule has 1 aliphatic heterocycles. The van der Waals surface area contributed by atoms with Gasteiger partial charge in [0.2, 0.25) is 0 Å². The maximum Gasteiger partial charge on any atom is 0.180 e. The van der Waals surface area contributed by atoms with Gasteiger partial charge in [0.1, 0.15) is 11.5 Å². The third-order valence-corrected chi connectivity index (χ3v) is 5.10. The summed E-state index contributed by atoms with van der Waals surface area (Å²) in [5.41, 5.74) is 1.80. The van der Waals surface area contributed by atoms with Crippen LogP contribution in [-0.2, 0) is 0 Å². The number of ketones is 1. The summed E-state index contributed by atoms with van der Waals surface area (Å²) in [4.78, 5) is 12.8. The first-order valence-electron chi connectivity index (χ1n) is 7.41. The van der Waals surface area contributed by atoms with Crippen molar-refractivity contribution in [1.82, 2.24) is 5.32 Å². The third kappa shape index (κ3) is 3.51. The van der Waals surface area contributed by atoms with Crippen LogP contribution in [0, 0.1) is 0 Å². The second-order valence-electron chi connectivity index (χ2n) is 5.31. The predicted octanol–water partition coefficient (Wildman–Crippen LogP) is 3.29. The first-order valence-corrected chi connectivity index (χ1v) is 8.46. The minimum atomic E-state index is -0.206. The van der Waals surface area contributed by atoms with Gasteiger partial charge in [0.05, 0.1) is 25.6 Å². The number of rotatable bonds is 5. The lowest BCUT2D eigenvalue weighted by atomic mass is 10.0. The van der Waals surface area contributed by atoms with E-state index in [4.69, 9.17) is 9.47 Å². The SMILES string of the molecule is COc1cc(OC)cc(C(=O)C2CSC(c3ccccc3)N2)c1. The summed E-state index contributed by atoms with van der Waals surface area (Å²) in [6, 6.07) is 15.2. The molecule has 1 fully saturated rings. The van der Waals surface area contributed by atoms with Crippen molar-refractivity contribution in [3.05, 3.63) is 59.7 Å². The Labute approximate surface area is 140 Å². The zero-order valence-electron chi connectivity index (χ0n) is 13.1. The molecule has 0 saturated carbocycles. The molecule has 4 nitrogen and oxygen atoms in total. The zero-order chi connectivity index (χ0) is 16.2. The fourth-order valence-electron chi connectivity index (χ4n) is 2.59. The summed E-state index contributed by atoms with van der Waals surface area (Å²) in [5, 5.41) is 3.56. The van der Waals surface area contributed by atoms with Crippen LogP contribution in [0.5, 0.6) is 11.5 Å². The molecule has 23 heavy (non-hydrogen) atoms. The number of benzene rings is 2. The smallest absolute Gasteiger partial charge is 0.180 e. The summed E-state index contributed by atoms with van der Waals surface area (Å²) in [5.74, 6) is 2.06. The second kappa shape index (κ2) is 7.06. The summed E-state index contributed by atoms with van der Waals surface area (Å²) < 4.78 is 10.5. The van der Waals surface area contributed by atoms with Gasteiger partial charge in [-0.05, 0) is 17.7 Å². The Morgan fingerprint density at radius 3 is 2.35 bits per heavy atom. The largest absolute Gasteiger partial charge is 0.497 e. The topological polar surface area (TPSA) is 47.6 Å². The highest BCUT2D eigenvalue weighted by atomic mass is 32.2. The molecule has 1 N–H and O–H groups in total. The van der Waals surface area contributed by atoms with Crippen LogP contribution in [0.3, 0.4) is 0 Å². The number of thioether (sulfide) groups is 1.